The Morgan fingerprint density at radius 1 is 1.10 bits per heavy atom. The standard InChI is InChI=1S/C14H12INO3S/c1-20(18,19)13-4-2-3-10(9-13)14(17)16-12-7-5-11(15)6-8-12/h2-9H,1H3,(H,16,17). The third-order valence-electron chi connectivity index (χ3n) is 2.63. The molecule has 104 valence electrons. The molecule has 2 aromatic rings. The molecule has 0 bridgehead atoms. The number of carbonyl (C=O) groups is 1. The maximum Gasteiger partial charge on any atom is 0.255 e. The minimum Gasteiger partial charge on any atom is -0.322 e. The summed E-state index contributed by atoms with van der Waals surface area (Å²) < 4.78 is 24.0. The van der Waals surface area contributed by atoms with Gasteiger partial charge in [0.05, 0.1) is 4.90 Å². The second kappa shape index (κ2) is 5.92. The van der Waals surface area contributed by atoms with Crippen LogP contribution in [0.1, 0.15) is 10.4 Å². The fourth-order valence-corrected chi connectivity index (χ4v) is 2.63. The monoisotopic (exact) mass is 401 g/mol. The highest BCUT2D eigenvalue weighted by molar-refractivity contribution is 14.1. The lowest BCUT2D eigenvalue weighted by Crippen LogP contribution is -2.12. The molecule has 2 rings (SSSR count). The molecule has 0 spiro atoms. The van der Waals surface area contributed by atoms with Crippen LogP contribution in [0.2, 0.25) is 0 Å². The third-order valence-corrected chi connectivity index (χ3v) is 4.46. The third kappa shape index (κ3) is 3.80. The summed E-state index contributed by atoms with van der Waals surface area (Å²) in [6, 6.07) is 13.3. The number of rotatable bonds is 3. The van der Waals surface area contributed by atoms with Gasteiger partial charge in [0.15, 0.2) is 9.84 Å². The van der Waals surface area contributed by atoms with Crippen molar-refractivity contribution in [2.45, 2.75) is 4.90 Å². The van der Waals surface area contributed by atoms with E-state index in [1.54, 1.807) is 24.3 Å². The molecule has 1 amide bonds. The lowest BCUT2D eigenvalue weighted by Gasteiger charge is -2.06. The van der Waals surface area contributed by atoms with Gasteiger partial charge >= 0.3 is 0 Å². The maximum atomic E-state index is 12.1. The molecule has 0 fully saturated rings. The molecule has 2 aromatic carbocycles. The SMILES string of the molecule is CS(=O)(=O)c1cccc(C(=O)Nc2ccc(I)cc2)c1. The van der Waals surface area contributed by atoms with E-state index in [4.69, 9.17) is 0 Å². The molecule has 1 N–H and O–H groups in total. The summed E-state index contributed by atoms with van der Waals surface area (Å²) in [4.78, 5) is 12.2. The zero-order chi connectivity index (χ0) is 14.8. The van der Waals surface area contributed by atoms with Gasteiger partial charge in [-0.15, -0.1) is 0 Å². The van der Waals surface area contributed by atoms with Gasteiger partial charge in [-0.1, -0.05) is 6.07 Å². The van der Waals surface area contributed by atoms with E-state index in [0.717, 1.165) is 9.83 Å². The van der Waals surface area contributed by atoms with E-state index in [2.05, 4.69) is 27.9 Å². The predicted octanol–water partition coefficient (Wildman–Crippen LogP) is 2.95. The van der Waals surface area contributed by atoms with Gasteiger partial charge in [0.2, 0.25) is 0 Å². The summed E-state index contributed by atoms with van der Waals surface area (Å²) in [6.07, 6.45) is 1.11. The van der Waals surface area contributed by atoms with E-state index in [1.807, 2.05) is 12.1 Å². The fourth-order valence-electron chi connectivity index (χ4n) is 1.60. The van der Waals surface area contributed by atoms with Crippen LogP contribution < -0.4 is 5.32 Å². The van der Waals surface area contributed by atoms with Crippen molar-refractivity contribution in [3.63, 3.8) is 0 Å². The van der Waals surface area contributed by atoms with Crippen molar-refractivity contribution < 1.29 is 13.2 Å². The van der Waals surface area contributed by atoms with Gasteiger partial charge in [0, 0.05) is 21.1 Å². The Bertz CT molecular complexity index is 739. The molecule has 0 aliphatic carbocycles. The van der Waals surface area contributed by atoms with Gasteiger partial charge in [0.1, 0.15) is 0 Å². The molecule has 0 saturated carbocycles. The van der Waals surface area contributed by atoms with E-state index >= 15 is 0 Å². The Morgan fingerprint density at radius 3 is 2.35 bits per heavy atom. The van der Waals surface area contributed by atoms with Crippen molar-refractivity contribution in [3.8, 4) is 0 Å². The minimum atomic E-state index is -3.32. The summed E-state index contributed by atoms with van der Waals surface area (Å²) in [7, 11) is -3.32. The van der Waals surface area contributed by atoms with Crippen LogP contribution in [0.25, 0.3) is 0 Å². The van der Waals surface area contributed by atoms with Gasteiger partial charge in [-0.25, -0.2) is 8.42 Å². The highest BCUT2D eigenvalue weighted by Gasteiger charge is 2.11. The molecule has 0 heterocycles. The van der Waals surface area contributed by atoms with Crippen LogP contribution in [-0.2, 0) is 9.84 Å². The summed E-state index contributed by atoms with van der Waals surface area (Å²) >= 11 is 2.18. The topological polar surface area (TPSA) is 63.2 Å². The molecule has 4 nitrogen and oxygen atoms in total. The molecule has 0 aliphatic heterocycles. The number of halogens is 1. The Hall–Kier alpha value is -1.41. The van der Waals surface area contributed by atoms with Gasteiger partial charge in [0.25, 0.3) is 5.91 Å². The van der Waals surface area contributed by atoms with Crippen molar-refractivity contribution in [2.24, 2.45) is 0 Å². The van der Waals surface area contributed by atoms with E-state index < -0.39 is 9.84 Å². The molecule has 0 aliphatic rings. The second-order valence-corrected chi connectivity index (χ2v) is 7.52. The van der Waals surface area contributed by atoms with Gasteiger partial charge in [-0.3, -0.25) is 4.79 Å². The number of amides is 1. The van der Waals surface area contributed by atoms with E-state index in [9.17, 15) is 13.2 Å². The minimum absolute atomic E-state index is 0.132. The number of nitrogens with one attached hydrogen (secondary N) is 1. The van der Waals surface area contributed by atoms with Gasteiger partial charge < -0.3 is 5.32 Å². The quantitative estimate of drug-likeness (QED) is 0.805. The molecule has 6 heteroatoms. The van der Waals surface area contributed by atoms with Crippen molar-refractivity contribution in [3.05, 3.63) is 57.7 Å². The number of carbonyl (C=O) groups excluding carboxylic acids is 1. The molecule has 0 saturated heterocycles. The van der Waals surface area contributed by atoms with Crippen molar-refractivity contribution in [1.82, 2.24) is 0 Å². The fraction of sp³-hybridized carbons (Fsp3) is 0.0714. The normalized spacial score (nSPS) is 11.1. The Kier molecular flexibility index (Phi) is 4.44. The van der Waals surface area contributed by atoms with Crippen LogP contribution in [0, 0.1) is 3.57 Å². The Labute approximate surface area is 131 Å². The first-order valence-electron chi connectivity index (χ1n) is 5.73. The molecule has 0 atom stereocenters. The largest absolute Gasteiger partial charge is 0.322 e. The molecular formula is C14H12INO3S. The summed E-state index contributed by atoms with van der Waals surface area (Å²) in [6.45, 7) is 0. The van der Waals surface area contributed by atoms with Gasteiger partial charge in [-0.2, -0.15) is 0 Å². The molecule has 20 heavy (non-hydrogen) atoms. The first kappa shape index (κ1) is 15.0. The number of sulfone groups is 1. The van der Waals surface area contributed by atoms with Gasteiger partial charge in [-0.05, 0) is 65.1 Å². The number of anilines is 1. The van der Waals surface area contributed by atoms with E-state index in [1.165, 1.54) is 12.1 Å². The van der Waals surface area contributed by atoms with Crippen molar-refractivity contribution in [2.75, 3.05) is 11.6 Å². The summed E-state index contributed by atoms with van der Waals surface area (Å²) in [5.41, 5.74) is 0.978. The van der Waals surface area contributed by atoms with Crippen LogP contribution in [0.4, 0.5) is 5.69 Å². The van der Waals surface area contributed by atoms with Crippen LogP contribution in [-0.4, -0.2) is 20.6 Å². The smallest absolute Gasteiger partial charge is 0.255 e. The summed E-state index contributed by atoms with van der Waals surface area (Å²) in [5.74, 6) is -0.336. The zero-order valence-electron chi connectivity index (χ0n) is 10.6. The molecular weight excluding hydrogens is 389 g/mol. The Morgan fingerprint density at radius 2 is 1.75 bits per heavy atom. The first-order valence-corrected chi connectivity index (χ1v) is 8.70. The summed E-state index contributed by atoms with van der Waals surface area (Å²) in [5, 5.41) is 2.73. The molecule has 0 radical (unpaired) electrons. The number of hydrogen-bond donors (Lipinski definition) is 1. The number of benzene rings is 2. The average Bonchev–Trinajstić information content (AvgIpc) is 2.40. The second-order valence-electron chi connectivity index (χ2n) is 4.26. The van der Waals surface area contributed by atoms with Crippen molar-refractivity contribution >= 4 is 44.0 Å². The average molecular weight is 401 g/mol. The Balaban J connectivity index is 2.23. The lowest BCUT2D eigenvalue weighted by molar-refractivity contribution is 0.102. The number of hydrogen-bond acceptors (Lipinski definition) is 3. The molecule has 0 unspecified atom stereocenters. The van der Waals surface area contributed by atoms with E-state index in [-0.39, 0.29) is 10.8 Å². The van der Waals surface area contributed by atoms with Crippen LogP contribution in [0.5, 0.6) is 0 Å². The maximum absolute atomic E-state index is 12.1. The zero-order valence-corrected chi connectivity index (χ0v) is 13.6. The first-order chi connectivity index (χ1) is 9.36. The van der Waals surface area contributed by atoms with Crippen LogP contribution in [0.3, 0.4) is 0 Å². The van der Waals surface area contributed by atoms with Crippen molar-refractivity contribution in [1.29, 1.82) is 0 Å². The highest BCUT2D eigenvalue weighted by Crippen LogP contribution is 2.15. The van der Waals surface area contributed by atoms with Crippen LogP contribution >= 0.6 is 22.6 Å². The highest BCUT2D eigenvalue weighted by atomic mass is 127. The van der Waals surface area contributed by atoms with Crippen LogP contribution in [0.15, 0.2) is 53.4 Å². The predicted molar refractivity (Wildman–Crippen MR) is 86.7 cm³/mol. The molecule has 0 aromatic heterocycles. The van der Waals surface area contributed by atoms with E-state index in [0.29, 0.717) is 11.3 Å². The lowest BCUT2D eigenvalue weighted by atomic mass is 10.2.